The van der Waals surface area contributed by atoms with E-state index in [2.05, 4.69) is 22.5 Å². The van der Waals surface area contributed by atoms with Crippen LogP contribution >= 0.6 is 0 Å². The van der Waals surface area contributed by atoms with Gasteiger partial charge in [0.1, 0.15) is 6.04 Å². The Kier molecular flexibility index (Phi) is 3.13. The number of hydrogen-bond donors (Lipinski definition) is 2. The monoisotopic (exact) mass is 197 g/mol. The Hall–Kier alpha value is -1.06. The van der Waals surface area contributed by atoms with Gasteiger partial charge in [0.15, 0.2) is 5.96 Å². The summed E-state index contributed by atoms with van der Waals surface area (Å²) in [4.78, 5) is 15.7. The molecule has 4 nitrogen and oxygen atoms in total. The fraction of sp³-hybridized carbons (Fsp3) is 0.800. The summed E-state index contributed by atoms with van der Waals surface area (Å²) in [6, 6.07) is -0.190. The van der Waals surface area contributed by atoms with Gasteiger partial charge in [-0.15, -0.1) is 0 Å². The quantitative estimate of drug-likeness (QED) is 0.694. The molecule has 0 saturated carbocycles. The molecule has 0 spiro atoms. The Balaban J connectivity index is 2.57. The van der Waals surface area contributed by atoms with Gasteiger partial charge in [0, 0.05) is 5.54 Å². The molecule has 14 heavy (non-hydrogen) atoms. The molecule has 1 unspecified atom stereocenters. The van der Waals surface area contributed by atoms with E-state index in [1.54, 1.807) is 0 Å². The first kappa shape index (κ1) is 11.0. The lowest BCUT2D eigenvalue weighted by Gasteiger charge is -2.21. The lowest BCUT2D eigenvalue weighted by atomic mass is 10.1. The summed E-state index contributed by atoms with van der Waals surface area (Å²) in [6.45, 7) is 8.16. The predicted molar refractivity (Wildman–Crippen MR) is 57.2 cm³/mol. The largest absolute Gasteiger partial charge is 0.351 e. The molecule has 4 heteroatoms. The second kappa shape index (κ2) is 3.98. The average Bonchev–Trinajstić information content (AvgIpc) is 2.28. The van der Waals surface area contributed by atoms with Gasteiger partial charge in [0.2, 0.25) is 0 Å². The van der Waals surface area contributed by atoms with E-state index in [9.17, 15) is 4.79 Å². The van der Waals surface area contributed by atoms with Gasteiger partial charge >= 0.3 is 0 Å². The first-order valence-electron chi connectivity index (χ1n) is 5.09. The number of amides is 1. The molecule has 2 N–H and O–H groups in total. The van der Waals surface area contributed by atoms with Crippen LogP contribution in [0.1, 0.15) is 40.5 Å². The van der Waals surface area contributed by atoms with Gasteiger partial charge in [0.25, 0.3) is 5.91 Å². The van der Waals surface area contributed by atoms with Crippen molar-refractivity contribution >= 4 is 11.9 Å². The van der Waals surface area contributed by atoms with Crippen LogP contribution in [0.5, 0.6) is 0 Å². The number of carbonyl (C=O) groups is 1. The minimum Gasteiger partial charge on any atom is -0.351 e. The van der Waals surface area contributed by atoms with Crippen LogP contribution in [0.15, 0.2) is 4.99 Å². The standard InChI is InChI=1S/C10H19N3O/c1-5-6-7-8(14)12-9(11-7)13-10(2,3)4/h7H,5-6H2,1-4H3,(H2,11,12,13,14). The molecule has 0 aromatic rings. The third-order valence-corrected chi connectivity index (χ3v) is 1.88. The van der Waals surface area contributed by atoms with E-state index in [1.807, 2.05) is 20.8 Å². The summed E-state index contributed by atoms with van der Waals surface area (Å²) in [5, 5.41) is 5.90. The fourth-order valence-corrected chi connectivity index (χ4v) is 1.33. The van der Waals surface area contributed by atoms with Crippen molar-refractivity contribution in [2.45, 2.75) is 52.1 Å². The smallest absolute Gasteiger partial charge is 0.251 e. The molecule has 0 aromatic heterocycles. The minimum atomic E-state index is -0.190. The number of guanidine groups is 1. The van der Waals surface area contributed by atoms with Crippen molar-refractivity contribution in [1.29, 1.82) is 0 Å². The maximum absolute atomic E-state index is 11.4. The van der Waals surface area contributed by atoms with Gasteiger partial charge in [0.05, 0.1) is 0 Å². The second-order valence-corrected chi connectivity index (χ2v) is 4.65. The van der Waals surface area contributed by atoms with E-state index in [0.717, 1.165) is 12.8 Å². The van der Waals surface area contributed by atoms with Crippen LogP contribution < -0.4 is 10.6 Å². The number of aliphatic imine (C=N–C) groups is 1. The Bertz CT molecular complexity index is 253. The maximum atomic E-state index is 11.4. The van der Waals surface area contributed by atoms with Gasteiger partial charge in [-0.25, -0.2) is 4.99 Å². The number of hydrogen-bond acceptors (Lipinski definition) is 3. The Morgan fingerprint density at radius 2 is 2.14 bits per heavy atom. The number of carbonyl (C=O) groups excluding carboxylic acids is 1. The summed E-state index contributed by atoms with van der Waals surface area (Å²) in [7, 11) is 0. The SMILES string of the molecule is CCCC1N=C(NC(C)(C)C)NC1=O. The summed E-state index contributed by atoms with van der Waals surface area (Å²) in [6.07, 6.45) is 1.80. The molecule has 1 amide bonds. The molecule has 1 heterocycles. The van der Waals surface area contributed by atoms with Crippen molar-refractivity contribution in [2.24, 2.45) is 4.99 Å². The molecule has 0 saturated heterocycles. The zero-order valence-electron chi connectivity index (χ0n) is 9.35. The van der Waals surface area contributed by atoms with Crippen LogP contribution in [-0.4, -0.2) is 23.4 Å². The number of nitrogens with one attached hydrogen (secondary N) is 2. The first-order chi connectivity index (χ1) is 6.42. The first-order valence-corrected chi connectivity index (χ1v) is 5.09. The molecular weight excluding hydrogens is 178 g/mol. The molecule has 0 fully saturated rings. The average molecular weight is 197 g/mol. The minimum absolute atomic E-state index is 0.0126. The summed E-state index contributed by atoms with van der Waals surface area (Å²) < 4.78 is 0. The van der Waals surface area contributed by atoms with E-state index >= 15 is 0 Å². The maximum Gasteiger partial charge on any atom is 0.251 e. The highest BCUT2D eigenvalue weighted by Gasteiger charge is 2.27. The van der Waals surface area contributed by atoms with Crippen LogP contribution in [0, 0.1) is 0 Å². The second-order valence-electron chi connectivity index (χ2n) is 4.65. The van der Waals surface area contributed by atoms with Crippen LogP contribution in [0.4, 0.5) is 0 Å². The lowest BCUT2D eigenvalue weighted by molar-refractivity contribution is -0.120. The molecule has 1 atom stereocenters. The van der Waals surface area contributed by atoms with E-state index in [-0.39, 0.29) is 17.5 Å². The van der Waals surface area contributed by atoms with Crippen molar-refractivity contribution in [3.8, 4) is 0 Å². The Morgan fingerprint density at radius 3 is 2.64 bits per heavy atom. The fourth-order valence-electron chi connectivity index (χ4n) is 1.33. The third-order valence-electron chi connectivity index (χ3n) is 1.88. The normalized spacial score (nSPS) is 21.9. The third kappa shape index (κ3) is 3.01. The topological polar surface area (TPSA) is 53.5 Å². The number of rotatable bonds is 2. The molecule has 1 rings (SSSR count). The highest BCUT2D eigenvalue weighted by atomic mass is 16.2. The van der Waals surface area contributed by atoms with Crippen molar-refractivity contribution in [2.75, 3.05) is 0 Å². The van der Waals surface area contributed by atoms with E-state index < -0.39 is 0 Å². The molecule has 0 bridgehead atoms. The highest BCUT2D eigenvalue weighted by molar-refractivity contribution is 6.04. The summed E-state index contributed by atoms with van der Waals surface area (Å²) >= 11 is 0. The molecule has 80 valence electrons. The zero-order valence-corrected chi connectivity index (χ0v) is 9.35. The van der Waals surface area contributed by atoms with Crippen molar-refractivity contribution in [1.82, 2.24) is 10.6 Å². The molecule has 0 radical (unpaired) electrons. The van der Waals surface area contributed by atoms with Gasteiger partial charge in [-0.1, -0.05) is 13.3 Å². The Labute approximate surface area is 85.2 Å². The lowest BCUT2D eigenvalue weighted by Crippen LogP contribution is -2.46. The molecule has 1 aliphatic heterocycles. The van der Waals surface area contributed by atoms with Crippen LogP contribution in [-0.2, 0) is 4.79 Å². The molecule has 0 aromatic carbocycles. The molecule has 0 aliphatic carbocycles. The summed E-state index contributed by atoms with van der Waals surface area (Å²) in [5.41, 5.74) is -0.0623. The molecular formula is C10H19N3O. The molecule has 1 aliphatic rings. The zero-order chi connectivity index (χ0) is 10.8. The van der Waals surface area contributed by atoms with Crippen LogP contribution in [0.3, 0.4) is 0 Å². The van der Waals surface area contributed by atoms with Crippen LogP contribution in [0.2, 0.25) is 0 Å². The van der Waals surface area contributed by atoms with Crippen molar-refractivity contribution in [3.63, 3.8) is 0 Å². The predicted octanol–water partition coefficient (Wildman–Crippen LogP) is 1.03. The van der Waals surface area contributed by atoms with Gasteiger partial charge in [-0.05, 0) is 27.2 Å². The van der Waals surface area contributed by atoms with Gasteiger partial charge in [-0.3, -0.25) is 10.1 Å². The van der Waals surface area contributed by atoms with Crippen molar-refractivity contribution < 1.29 is 4.79 Å². The van der Waals surface area contributed by atoms with Crippen LogP contribution in [0.25, 0.3) is 0 Å². The van der Waals surface area contributed by atoms with E-state index in [0.29, 0.717) is 5.96 Å². The van der Waals surface area contributed by atoms with E-state index in [4.69, 9.17) is 0 Å². The summed E-state index contributed by atoms with van der Waals surface area (Å²) in [5.74, 6) is 0.625. The van der Waals surface area contributed by atoms with Gasteiger partial charge in [-0.2, -0.15) is 0 Å². The number of nitrogens with zero attached hydrogens (tertiary/aromatic N) is 1. The van der Waals surface area contributed by atoms with Crippen molar-refractivity contribution in [3.05, 3.63) is 0 Å². The van der Waals surface area contributed by atoms with Gasteiger partial charge < -0.3 is 5.32 Å². The van der Waals surface area contributed by atoms with E-state index in [1.165, 1.54) is 0 Å². The Morgan fingerprint density at radius 1 is 1.50 bits per heavy atom. The highest BCUT2D eigenvalue weighted by Crippen LogP contribution is 2.08.